The van der Waals surface area contributed by atoms with Gasteiger partial charge in [-0.1, -0.05) is 30.3 Å². The van der Waals surface area contributed by atoms with Crippen molar-refractivity contribution in [2.45, 2.75) is 25.9 Å². The largest absolute Gasteiger partial charge is 0.461 e. The topological polar surface area (TPSA) is 111 Å². The van der Waals surface area contributed by atoms with Crippen molar-refractivity contribution in [2.75, 3.05) is 19.6 Å². The quantitative estimate of drug-likeness (QED) is 0.529. The molecule has 0 aliphatic rings. The summed E-state index contributed by atoms with van der Waals surface area (Å²) in [6.45, 7) is 0.968. The molecule has 0 saturated carbocycles. The highest BCUT2D eigenvalue weighted by molar-refractivity contribution is 5.79. The number of rotatable bonds is 10. The van der Waals surface area contributed by atoms with E-state index in [0.29, 0.717) is 0 Å². The van der Waals surface area contributed by atoms with Gasteiger partial charge in [-0.15, -0.1) is 0 Å². The van der Waals surface area contributed by atoms with Gasteiger partial charge in [-0.2, -0.15) is 0 Å². The van der Waals surface area contributed by atoms with Gasteiger partial charge in [0.1, 0.15) is 6.61 Å². The molecule has 4 N–H and O–H groups in total. The number of hydrogen-bond donors (Lipinski definition) is 3. The molecular weight excluding hydrogens is 298 g/mol. The molecule has 0 aliphatic carbocycles. The van der Waals surface area contributed by atoms with Crippen molar-refractivity contribution < 1.29 is 19.1 Å². The predicted molar refractivity (Wildman–Crippen MR) is 85.2 cm³/mol. The average Bonchev–Trinajstić information content (AvgIpc) is 2.54. The van der Waals surface area contributed by atoms with Crippen molar-refractivity contribution in [3.63, 3.8) is 0 Å². The third kappa shape index (κ3) is 9.26. The van der Waals surface area contributed by atoms with Gasteiger partial charge in [0.05, 0.1) is 6.42 Å². The molecule has 0 aromatic heterocycles. The number of benzene rings is 1. The van der Waals surface area contributed by atoms with Crippen LogP contribution in [-0.4, -0.2) is 37.4 Å². The van der Waals surface area contributed by atoms with Gasteiger partial charge in [-0.05, 0) is 5.56 Å². The van der Waals surface area contributed by atoms with E-state index in [-0.39, 0.29) is 63.3 Å². The summed E-state index contributed by atoms with van der Waals surface area (Å²) < 4.78 is 5.09. The first-order chi connectivity index (χ1) is 11.1. The lowest BCUT2D eigenvalue weighted by Crippen LogP contribution is -2.32. The van der Waals surface area contributed by atoms with Crippen LogP contribution in [0, 0.1) is 0 Å². The second kappa shape index (κ2) is 11.2. The van der Waals surface area contributed by atoms with Gasteiger partial charge in [0.25, 0.3) is 0 Å². The van der Waals surface area contributed by atoms with Crippen LogP contribution in [0.15, 0.2) is 30.3 Å². The maximum absolute atomic E-state index is 11.5. The van der Waals surface area contributed by atoms with E-state index >= 15 is 0 Å². The summed E-state index contributed by atoms with van der Waals surface area (Å²) in [6.07, 6.45) is 0.516. The molecule has 7 nitrogen and oxygen atoms in total. The van der Waals surface area contributed by atoms with Crippen LogP contribution in [0.4, 0.5) is 0 Å². The van der Waals surface area contributed by atoms with Gasteiger partial charge in [0.15, 0.2) is 0 Å². The summed E-state index contributed by atoms with van der Waals surface area (Å²) in [6, 6.07) is 9.37. The zero-order chi connectivity index (χ0) is 16.9. The Balaban J connectivity index is 2.05. The molecule has 1 rings (SSSR count). The standard InChI is InChI=1S/C16H23N3O4/c17-9-6-14(20)18-10-7-15(21)19-11-8-16(22)23-12-13-4-2-1-3-5-13/h1-5H,6-12,17H2,(H,18,20)(H,19,21). The van der Waals surface area contributed by atoms with Gasteiger partial charge in [0, 0.05) is 32.5 Å². The monoisotopic (exact) mass is 321 g/mol. The third-order valence-electron chi connectivity index (χ3n) is 2.94. The van der Waals surface area contributed by atoms with E-state index in [2.05, 4.69) is 10.6 Å². The lowest BCUT2D eigenvalue weighted by molar-refractivity contribution is -0.144. The average molecular weight is 321 g/mol. The molecule has 126 valence electrons. The van der Waals surface area contributed by atoms with Crippen molar-refractivity contribution in [3.05, 3.63) is 35.9 Å². The van der Waals surface area contributed by atoms with Crippen LogP contribution in [0.2, 0.25) is 0 Å². The Hall–Kier alpha value is -2.41. The molecule has 1 aromatic rings. The fourth-order valence-corrected chi connectivity index (χ4v) is 1.74. The molecule has 0 radical (unpaired) electrons. The molecule has 0 saturated heterocycles. The van der Waals surface area contributed by atoms with Crippen molar-refractivity contribution in [2.24, 2.45) is 5.73 Å². The molecule has 0 aliphatic heterocycles. The van der Waals surface area contributed by atoms with Gasteiger partial charge in [0.2, 0.25) is 11.8 Å². The normalized spacial score (nSPS) is 9.96. The van der Waals surface area contributed by atoms with Gasteiger partial charge in [-0.25, -0.2) is 0 Å². The Kier molecular flexibility index (Phi) is 9.07. The van der Waals surface area contributed by atoms with Gasteiger partial charge >= 0.3 is 5.97 Å². The minimum atomic E-state index is -0.370. The highest BCUT2D eigenvalue weighted by atomic mass is 16.5. The molecule has 1 aromatic carbocycles. The maximum atomic E-state index is 11.5. The van der Waals surface area contributed by atoms with Crippen LogP contribution in [0.25, 0.3) is 0 Å². The summed E-state index contributed by atoms with van der Waals surface area (Å²) in [5, 5.41) is 5.18. The van der Waals surface area contributed by atoms with Gasteiger partial charge < -0.3 is 21.1 Å². The lowest BCUT2D eigenvalue weighted by atomic mass is 10.2. The SMILES string of the molecule is NCCC(=O)NCCC(=O)NCCC(=O)OCc1ccccc1. The number of carbonyl (C=O) groups excluding carboxylic acids is 3. The number of hydrogen-bond acceptors (Lipinski definition) is 5. The minimum Gasteiger partial charge on any atom is -0.461 e. The molecule has 0 unspecified atom stereocenters. The first kappa shape index (κ1) is 18.6. The zero-order valence-electron chi connectivity index (χ0n) is 13.0. The van der Waals surface area contributed by atoms with Crippen molar-refractivity contribution >= 4 is 17.8 Å². The molecule has 0 spiro atoms. The highest BCUT2D eigenvalue weighted by Crippen LogP contribution is 2.01. The summed E-state index contributed by atoms with van der Waals surface area (Å²) in [5.74, 6) is -0.774. The number of esters is 1. The fourth-order valence-electron chi connectivity index (χ4n) is 1.74. The van der Waals surface area contributed by atoms with Crippen LogP contribution in [0.1, 0.15) is 24.8 Å². The van der Waals surface area contributed by atoms with E-state index in [9.17, 15) is 14.4 Å². The smallest absolute Gasteiger partial charge is 0.307 e. The Labute approximate surface area is 135 Å². The van der Waals surface area contributed by atoms with Crippen LogP contribution >= 0.6 is 0 Å². The van der Waals surface area contributed by atoms with Crippen LogP contribution in [0.5, 0.6) is 0 Å². The van der Waals surface area contributed by atoms with E-state index in [0.717, 1.165) is 5.56 Å². The number of nitrogens with two attached hydrogens (primary N) is 1. The Morgan fingerprint density at radius 2 is 1.52 bits per heavy atom. The molecule has 7 heteroatoms. The zero-order valence-corrected chi connectivity index (χ0v) is 13.0. The Morgan fingerprint density at radius 3 is 2.17 bits per heavy atom. The fraction of sp³-hybridized carbons (Fsp3) is 0.438. The molecule has 0 fully saturated rings. The van der Waals surface area contributed by atoms with Gasteiger partial charge in [-0.3, -0.25) is 14.4 Å². The number of amides is 2. The van der Waals surface area contributed by atoms with Crippen molar-refractivity contribution in [1.29, 1.82) is 0 Å². The van der Waals surface area contributed by atoms with Crippen molar-refractivity contribution in [1.82, 2.24) is 10.6 Å². The van der Waals surface area contributed by atoms with E-state index in [1.807, 2.05) is 30.3 Å². The first-order valence-corrected chi connectivity index (χ1v) is 7.55. The van der Waals surface area contributed by atoms with Crippen LogP contribution in [-0.2, 0) is 25.7 Å². The molecule has 2 amide bonds. The number of carbonyl (C=O) groups is 3. The number of nitrogens with one attached hydrogen (secondary N) is 2. The predicted octanol–water partition coefficient (Wildman–Crippen LogP) is 0.0912. The third-order valence-corrected chi connectivity index (χ3v) is 2.94. The molecule has 0 bridgehead atoms. The summed E-state index contributed by atoms with van der Waals surface area (Å²) >= 11 is 0. The molecule has 0 heterocycles. The first-order valence-electron chi connectivity index (χ1n) is 7.55. The summed E-state index contributed by atoms with van der Waals surface area (Å²) in [5.41, 5.74) is 6.15. The van der Waals surface area contributed by atoms with Crippen LogP contribution < -0.4 is 16.4 Å². The van der Waals surface area contributed by atoms with Crippen molar-refractivity contribution in [3.8, 4) is 0 Å². The van der Waals surface area contributed by atoms with E-state index in [4.69, 9.17) is 10.5 Å². The minimum absolute atomic E-state index is 0.109. The van der Waals surface area contributed by atoms with E-state index in [1.54, 1.807) is 0 Å². The molecule has 0 atom stereocenters. The van der Waals surface area contributed by atoms with E-state index in [1.165, 1.54) is 0 Å². The Bertz CT molecular complexity index is 505. The van der Waals surface area contributed by atoms with E-state index < -0.39 is 0 Å². The maximum Gasteiger partial charge on any atom is 0.307 e. The summed E-state index contributed by atoms with van der Waals surface area (Å²) in [7, 11) is 0. The van der Waals surface area contributed by atoms with Crippen LogP contribution in [0.3, 0.4) is 0 Å². The summed E-state index contributed by atoms with van der Waals surface area (Å²) in [4.78, 5) is 34.2. The number of ether oxygens (including phenoxy) is 1. The highest BCUT2D eigenvalue weighted by Gasteiger charge is 2.06. The lowest BCUT2D eigenvalue weighted by Gasteiger charge is -2.07. The second-order valence-electron chi connectivity index (χ2n) is 4.88. The Morgan fingerprint density at radius 1 is 0.913 bits per heavy atom. The molecule has 23 heavy (non-hydrogen) atoms. The molecular formula is C16H23N3O4. The second-order valence-corrected chi connectivity index (χ2v) is 4.88.